The number of thioether (sulfide) groups is 1. The number of hydrazone groups is 1. The molecule has 0 spiro atoms. The molecule has 4 saturated carbocycles. The summed E-state index contributed by atoms with van der Waals surface area (Å²) in [6.07, 6.45) is 9.32. The Morgan fingerprint density at radius 2 is 1.73 bits per heavy atom. The van der Waals surface area contributed by atoms with Crippen molar-refractivity contribution in [2.24, 2.45) is 33.3 Å². The van der Waals surface area contributed by atoms with Crippen LogP contribution in [0.3, 0.4) is 0 Å². The number of furan rings is 1. The average molecular weight is 457 g/mol. The molecule has 6 aliphatic rings. The van der Waals surface area contributed by atoms with E-state index in [4.69, 9.17) is 14.9 Å². The predicted molar refractivity (Wildman–Crippen MR) is 130 cm³/mol. The molecule has 166 valence electrons. The summed E-state index contributed by atoms with van der Waals surface area (Å²) in [5.41, 5.74) is 1.30. The topological polar surface area (TPSA) is 82.0 Å². The van der Waals surface area contributed by atoms with Gasteiger partial charge in [-0.3, -0.25) is 10.2 Å². The zero-order valence-electron chi connectivity index (χ0n) is 18.2. The van der Waals surface area contributed by atoms with Crippen LogP contribution in [0.4, 0.5) is 0 Å². The first kappa shape index (κ1) is 19.5. The maximum atomic E-state index is 12.9. The second-order valence-electron chi connectivity index (χ2n) is 10.2. The standard InChI is InChI=1S/C26H24N4O2S/c27-22-20(11-19-6-7-21(32-19)18-4-2-1-3-5-18)23(31)28-25-30(22)29-24(33-25)26-12-15-8-16(13-26)10-17(9-15)14-26/h1-7,11,15-17,27H,8-10,12-14H2/b20-11-,27-22?. The van der Waals surface area contributed by atoms with Gasteiger partial charge in [0.05, 0.1) is 5.57 Å². The van der Waals surface area contributed by atoms with Gasteiger partial charge >= 0.3 is 0 Å². The van der Waals surface area contributed by atoms with Gasteiger partial charge < -0.3 is 4.42 Å². The highest BCUT2D eigenvalue weighted by Crippen LogP contribution is 2.62. The Bertz CT molecular complexity index is 1240. The molecule has 0 saturated heterocycles. The van der Waals surface area contributed by atoms with E-state index in [1.807, 2.05) is 42.5 Å². The SMILES string of the molecule is N=C1/C(=C/c2ccc(-c3ccccc3)o2)C(=O)N=C2SC(C34CC5CC(CC(C5)C3)C4)=NN12. The smallest absolute Gasteiger partial charge is 0.283 e. The summed E-state index contributed by atoms with van der Waals surface area (Å²) in [5.74, 6) is 3.36. The van der Waals surface area contributed by atoms with Crippen molar-refractivity contribution in [2.75, 3.05) is 0 Å². The molecule has 3 heterocycles. The van der Waals surface area contributed by atoms with E-state index < -0.39 is 5.91 Å². The molecule has 4 fully saturated rings. The third kappa shape index (κ3) is 3.09. The second kappa shape index (κ2) is 7.03. The highest BCUT2D eigenvalue weighted by molar-refractivity contribution is 8.27. The van der Waals surface area contributed by atoms with E-state index in [2.05, 4.69) is 4.99 Å². The van der Waals surface area contributed by atoms with Gasteiger partial charge in [-0.25, -0.2) is 0 Å². The van der Waals surface area contributed by atoms with Crippen molar-refractivity contribution in [3.63, 3.8) is 0 Å². The summed E-state index contributed by atoms with van der Waals surface area (Å²) in [6, 6.07) is 13.5. The Morgan fingerprint density at radius 1 is 1.03 bits per heavy atom. The Hall–Kier alpha value is -2.93. The van der Waals surface area contributed by atoms with Crippen molar-refractivity contribution in [1.82, 2.24) is 5.01 Å². The minimum atomic E-state index is -0.404. The van der Waals surface area contributed by atoms with Crippen molar-refractivity contribution in [1.29, 1.82) is 5.41 Å². The molecule has 6 nitrogen and oxygen atoms in total. The van der Waals surface area contributed by atoms with Gasteiger partial charge in [-0.05, 0) is 86.2 Å². The van der Waals surface area contributed by atoms with E-state index in [0.717, 1.165) is 34.1 Å². The van der Waals surface area contributed by atoms with Gasteiger partial charge in [-0.15, -0.1) is 0 Å². The molecule has 4 aliphatic carbocycles. The van der Waals surface area contributed by atoms with E-state index in [0.29, 0.717) is 10.9 Å². The third-order valence-electron chi connectivity index (χ3n) is 7.92. The molecule has 1 N–H and O–H groups in total. The summed E-state index contributed by atoms with van der Waals surface area (Å²) in [5, 5.41) is 16.8. The second-order valence-corrected chi connectivity index (χ2v) is 11.1. The summed E-state index contributed by atoms with van der Waals surface area (Å²) in [7, 11) is 0. The van der Waals surface area contributed by atoms with Crippen LogP contribution >= 0.6 is 11.8 Å². The molecular weight excluding hydrogens is 432 g/mol. The predicted octanol–water partition coefficient (Wildman–Crippen LogP) is 5.78. The molecule has 0 radical (unpaired) electrons. The molecule has 2 aromatic rings. The van der Waals surface area contributed by atoms with Gasteiger partial charge in [0.2, 0.25) is 5.17 Å². The Kier molecular flexibility index (Phi) is 4.16. The molecule has 2 aliphatic heterocycles. The number of fused-ring (bicyclic) bond motifs is 1. The molecule has 1 aromatic carbocycles. The van der Waals surface area contributed by atoms with Crippen LogP contribution in [0.25, 0.3) is 17.4 Å². The minimum Gasteiger partial charge on any atom is -0.457 e. The van der Waals surface area contributed by atoms with E-state index in [1.165, 1.54) is 50.3 Å². The van der Waals surface area contributed by atoms with Gasteiger partial charge in [-0.2, -0.15) is 15.1 Å². The van der Waals surface area contributed by atoms with E-state index >= 15 is 0 Å². The minimum absolute atomic E-state index is 0.0786. The van der Waals surface area contributed by atoms with Crippen LogP contribution in [0.5, 0.6) is 0 Å². The van der Waals surface area contributed by atoms with Crippen LogP contribution in [0.15, 0.2) is 62.5 Å². The first-order valence-corrected chi connectivity index (χ1v) is 12.5. The Morgan fingerprint density at radius 3 is 2.42 bits per heavy atom. The van der Waals surface area contributed by atoms with Crippen molar-refractivity contribution in [2.45, 2.75) is 38.5 Å². The maximum Gasteiger partial charge on any atom is 0.283 e. The number of amides is 1. The average Bonchev–Trinajstić information content (AvgIpc) is 3.44. The van der Waals surface area contributed by atoms with E-state index in [1.54, 1.807) is 11.1 Å². The zero-order chi connectivity index (χ0) is 22.2. The third-order valence-corrected chi connectivity index (χ3v) is 9.07. The normalized spacial score (nSPS) is 33.5. The number of nitrogens with zero attached hydrogens (tertiary/aromatic N) is 3. The summed E-state index contributed by atoms with van der Waals surface area (Å²) in [6.45, 7) is 0. The number of amidine groups is 2. The first-order chi connectivity index (χ1) is 16.1. The summed E-state index contributed by atoms with van der Waals surface area (Å²) >= 11 is 1.51. The molecule has 1 aromatic heterocycles. The number of benzene rings is 1. The fourth-order valence-electron chi connectivity index (χ4n) is 6.91. The molecule has 8 rings (SSSR count). The summed E-state index contributed by atoms with van der Waals surface area (Å²) in [4.78, 5) is 17.2. The molecule has 0 atom stereocenters. The molecule has 7 heteroatoms. The highest BCUT2D eigenvalue weighted by Gasteiger charge is 2.55. The van der Waals surface area contributed by atoms with Crippen molar-refractivity contribution >= 4 is 39.8 Å². The lowest BCUT2D eigenvalue weighted by Crippen LogP contribution is -2.49. The lowest BCUT2D eigenvalue weighted by molar-refractivity contribution is -0.114. The number of nitrogens with one attached hydrogen (secondary N) is 1. The van der Waals surface area contributed by atoms with E-state index in [9.17, 15) is 4.79 Å². The molecule has 4 bridgehead atoms. The summed E-state index contributed by atoms with van der Waals surface area (Å²) < 4.78 is 5.93. The Labute approximate surface area is 196 Å². The highest BCUT2D eigenvalue weighted by atomic mass is 32.2. The number of hydrogen-bond donors (Lipinski definition) is 1. The maximum absolute atomic E-state index is 12.9. The number of aliphatic imine (C=N–C) groups is 1. The zero-order valence-corrected chi connectivity index (χ0v) is 19.0. The van der Waals surface area contributed by atoms with Crippen LogP contribution in [-0.2, 0) is 4.79 Å². The van der Waals surface area contributed by atoms with Gasteiger partial charge in [-0.1, -0.05) is 30.3 Å². The van der Waals surface area contributed by atoms with Gasteiger partial charge in [0.15, 0.2) is 5.84 Å². The lowest BCUT2D eigenvalue weighted by atomic mass is 9.50. The lowest BCUT2D eigenvalue weighted by Gasteiger charge is -2.56. The van der Waals surface area contributed by atoms with Crippen molar-refractivity contribution in [3.05, 3.63) is 53.8 Å². The number of carbonyl (C=O) groups is 1. The number of carbonyl (C=O) groups excluding carboxylic acids is 1. The van der Waals surface area contributed by atoms with Gasteiger partial charge in [0.1, 0.15) is 16.6 Å². The van der Waals surface area contributed by atoms with Crippen LogP contribution in [0.2, 0.25) is 0 Å². The molecule has 0 unspecified atom stereocenters. The molecular formula is C26H24N4O2S. The van der Waals surface area contributed by atoms with Crippen LogP contribution in [-0.4, -0.2) is 27.0 Å². The fourth-order valence-corrected chi connectivity index (χ4v) is 8.02. The van der Waals surface area contributed by atoms with Crippen LogP contribution in [0.1, 0.15) is 44.3 Å². The van der Waals surface area contributed by atoms with Crippen LogP contribution in [0, 0.1) is 28.6 Å². The van der Waals surface area contributed by atoms with Crippen LogP contribution < -0.4 is 0 Å². The van der Waals surface area contributed by atoms with Crippen molar-refractivity contribution < 1.29 is 9.21 Å². The molecule has 33 heavy (non-hydrogen) atoms. The Balaban J connectivity index is 1.19. The number of rotatable bonds is 3. The largest absolute Gasteiger partial charge is 0.457 e. The number of hydrogen-bond acceptors (Lipinski definition) is 5. The monoisotopic (exact) mass is 456 g/mol. The molecule has 1 amide bonds. The van der Waals surface area contributed by atoms with E-state index in [-0.39, 0.29) is 16.8 Å². The quantitative estimate of drug-likeness (QED) is 0.593. The fraction of sp³-hybridized carbons (Fsp3) is 0.385. The van der Waals surface area contributed by atoms with Gasteiger partial charge in [0, 0.05) is 11.0 Å². The van der Waals surface area contributed by atoms with Crippen molar-refractivity contribution in [3.8, 4) is 11.3 Å². The first-order valence-electron chi connectivity index (χ1n) is 11.7. The van der Waals surface area contributed by atoms with Gasteiger partial charge in [0.25, 0.3) is 5.91 Å².